The van der Waals surface area contributed by atoms with Gasteiger partial charge in [-0.2, -0.15) is 5.10 Å². The number of rotatable bonds is 4. The Balaban J connectivity index is 1.70. The molecule has 0 unspecified atom stereocenters. The molecule has 1 N–H and O–H groups in total. The Hall–Kier alpha value is -2.18. The topological polar surface area (TPSA) is 61.8 Å². The summed E-state index contributed by atoms with van der Waals surface area (Å²) in [4.78, 5) is 2.90. The molecule has 0 saturated carbocycles. The van der Waals surface area contributed by atoms with E-state index in [1.165, 1.54) is 0 Å². The Labute approximate surface area is 149 Å². The molecule has 2 aromatic carbocycles. The lowest BCUT2D eigenvalue weighted by molar-refractivity contribution is 0.352. The molecule has 1 aliphatic rings. The molecule has 0 spiro atoms. The maximum Gasteiger partial charge on any atom is 0.206 e. The Morgan fingerprint density at radius 3 is 2.32 bits per heavy atom. The van der Waals surface area contributed by atoms with Gasteiger partial charge in [-0.3, -0.25) is 5.43 Å². The summed E-state index contributed by atoms with van der Waals surface area (Å²) in [5.41, 5.74) is 5.00. The zero-order chi connectivity index (χ0) is 17.7. The number of anilines is 1. The van der Waals surface area contributed by atoms with Gasteiger partial charge in [0, 0.05) is 18.7 Å². The fraction of sp³-hybridized carbons (Fsp3) is 0.316. The third kappa shape index (κ3) is 4.46. The average Bonchev–Trinajstić information content (AvgIpc) is 2.85. The fourth-order valence-electron chi connectivity index (χ4n) is 2.81. The molecular formula is C19H23N3O2S. The minimum atomic E-state index is -3.47. The minimum Gasteiger partial charge on any atom is -0.306 e. The first-order valence-electron chi connectivity index (χ1n) is 8.46. The Morgan fingerprint density at radius 2 is 1.60 bits per heavy atom. The number of nitrogens with zero attached hydrogens (tertiary/aromatic N) is 2. The van der Waals surface area contributed by atoms with Gasteiger partial charge in [0.25, 0.3) is 0 Å². The highest BCUT2D eigenvalue weighted by atomic mass is 32.2. The van der Waals surface area contributed by atoms with Crippen molar-refractivity contribution >= 4 is 21.2 Å². The van der Waals surface area contributed by atoms with Crippen LogP contribution in [-0.2, 0) is 9.84 Å². The largest absolute Gasteiger partial charge is 0.306 e. The quantitative estimate of drug-likeness (QED) is 0.852. The van der Waals surface area contributed by atoms with E-state index in [2.05, 4.69) is 22.5 Å². The van der Waals surface area contributed by atoms with E-state index < -0.39 is 9.84 Å². The predicted octanol–water partition coefficient (Wildman–Crippen LogP) is 3.40. The SMILES string of the molecule is CN1CCC/C(=N\Nc2ccc(S(=O)(=O)c3ccccc3)cc2)CC1. The van der Waals surface area contributed by atoms with Crippen LogP contribution in [0.2, 0.25) is 0 Å². The van der Waals surface area contributed by atoms with Crippen molar-refractivity contribution < 1.29 is 8.42 Å². The van der Waals surface area contributed by atoms with Gasteiger partial charge in [0.2, 0.25) is 9.84 Å². The summed E-state index contributed by atoms with van der Waals surface area (Å²) in [5, 5.41) is 4.49. The number of sulfone groups is 1. The molecule has 1 aliphatic heterocycles. The molecule has 0 aliphatic carbocycles. The van der Waals surface area contributed by atoms with Crippen molar-refractivity contribution in [1.29, 1.82) is 0 Å². The zero-order valence-corrected chi connectivity index (χ0v) is 15.2. The van der Waals surface area contributed by atoms with Crippen molar-refractivity contribution in [1.82, 2.24) is 4.90 Å². The predicted molar refractivity (Wildman–Crippen MR) is 101 cm³/mol. The molecule has 1 fully saturated rings. The molecule has 25 heavy (non-hydrogen) atoms. The fourth-order valence-corrected chi connectivity index (χ4v) is 4.09. The molecule has 0 aromatic heterocycles. The van der Waals surface area contributed by atoms with Gasteiger partial charge in [0.15, 0.2) is 0 Å². The lowest BCUT2D eigenvalue weighted by Gasteiger charge is -2.10. The molecule has 1 saturated heterocycles. The van der Waals surface area contributed by atoms with E-state index in [1.54, 1.807) is 54.6 Å². The smallest absolute Gasteiger partial charge is 0.206 e. The first-order valence-corrected chi connectivity index (χ1v) is 9.94. The van der Waals surface area contributed by atoms with Crippen molar-refractivity contribution in [2.45, 2.75) is 29.1 Å². The van der Waals surface area contributed by atoms with E-state index in [9.17, 15) is 8.42 Å². The van der Waals surface area contributed by atoms with Crippen LogP contribution in [0.4, 0.5) is 5.69 Å². The summed E-state index contributed by atoms with van der Waals surface area (Å²) in [5.74, 6) is 0. The van der Waals surface area contributed by atoms with Crippen LogP contribution in [0.3, 0.4) is 0 Å². The number of likely N-dealkylation sites (tertiary alicyclic amines) is 1. The number of hydrazone groups is 1. The van der Waals surface area contributed by atoms with E-state index in [-0.39, 0.29) is 4.90 Å². The second-order valence-electron chi connectivity index (χ2n) is 6.29. The van der Waals surface area contributed by atoms with Crippen LogP contribution in [0.5, 0.6) is 0 Å². The number of hydrogen-bond donors (Lipinski definition) is 1. The van der Waals surface area contributed by atoms with Gasteiger partial charge in [0.05, 0.1) is 15.5 Å². The van der Waals surface area contributed by atoms with Crippen LogP contribution in [-0.4, -0.2) is 39.2 Å². The number of benzene rings is 2. The van der Waals surface area contributed by atoms with Crippen molar-refractivity contribution in [3.8, 4) is 0 Å². The standard InChI is InChI=1S/C19H23N3O2S/c1-22-14-5-6-16(13-15-22)20-21-17-9-11-19(12-10-17)25(23,24)18-7-3-2-4-8-18/h2-4,7-12,21H,5-6,13-15H2,1H3/b20-16+. The molecule has 0 radical (unpaired) electrons. The second-order valence-corrected chi connectivity index (χ2v) is 8.24. The second kappa shape index (κ2) is 7.80. The maximum absolute atomic E-state index is 12.6. The maximum atomic E-state index is 12.6. The van der Waals surface area contributed by atoms with E-state index in [4.69, 9.17) is 0 Å². The first kappa shape index (κ1) is 17.6. The highest BCUT2D eigenvalue weighted by molar-refractivity contribution is 7.91. The van der Waals surface area contributed by atoms with Gasteiger partial charge in [-0.25, -0.2) is 8.42 Å². The minimum absolute atomic E-state index is 0.285. The highest BCUT2D eigenvalue weighted by Crippen LogP contribution is 2.22. The third-order valence-corrected chi connectivity index (χ3v) is 6.13. The van der Waals surface area contributed by atoms with E-state index in [0.29, 0.717) is 4.90 Å². The Morgan fingerprint density at radius 1 is 0.920 bits per heavy atom. The first-order chi connectivity index (χ1) is 12.1. The third-order valence-electron chi connectivity index (χ3n) is 4.35. The van der Waals surface area contributed by atoms with Gasteiger partial charge in [-0.15, -0.1) is 0 Å². The zero-order valence-electron chi connectivity index (χ0n) is 14.4. The van der Waals surface area contributed by atoms with E-state index >= 15 is 0 Å². The summed E-state index contributed by atoms with van der Waals surface area (Å²) < 4.78 is 25.1. The molecule has 3 rings (SSSR count). The van der Waals surface area contributed by atoms with Crippen LogP contribution in [0.1, 0.15) is 19.3 Å². The van der Waals surface area contributed by atoms with Crippen LogP contribution in [0, 0.1) is 0 Å². The van der Waals surface area contributed by atoms with E-state index in [1.807, 2.05) is 0 Å². The Kier molecular flexibility index (Phi) is 5.50. The average molecular weight is 357 g/mol. The molecule has 0 atom stereocenters. The van der Waals surface area contributed by atoms with Crippen LogP contribution >= 0.6 is 0 Å². The Bertz CT molecular complexity index is 831. The summed E-state index contributed by atoms with van der Waals surface area (Å²) >= 11 is 0. The van der Waals surface area contributed by atoms with Gasteiger partial charge < -0.3 is 4.90 Å². The summed E-state index contributed by atoms with van der Waals surface area (Å²) in [6, 6.07) is 15.2. The molecule has 0 bridgehead atoms. The van der Waals surface area contributed by atoms with Crippen molar-refractivity contribution in [2.75, 3.05) is 25.6 Å². The highest BCUT2D eigenvalue weighted by Gasteiger charge is 2.16. The molecule has 2 aromatic rings. The van der Waals surface area contributed by atoms with Crippen LogP contribution < -0.4 is 5.43 Å². The monoisotopic (exact) mass is 357 g/mol. The van der Waals surface area contributed by atoms with E-state index in [0.717, 1.165) is 43.8 Å². The van der Waals surface area contributed by atoms with Crippen LogP contribution in [0.15, 0.2) is 69.5 Å². The molecule has 132 valence electrons. The number of hydrogen-bond acceptors (Lipinski definition) is 5. The summed E-state index contributed by atoms with van der Waals surface area (Å²) in [6.45, 7) is 2.12. The van der Waals surface area contributed by atoms with Gasteiger partial charge in [0.1, 0.15) is 0 Å². The molecule has 0 amide bonds. The van der Waals surface area contributed by atoms with Crippen molar-refractivity contribution in [3.63, 3.8) is 0 Å². The number of nitrogens with one attached hydrogen (secondary N) is 1. The summed E-state index contributed by atoms with van der Waals surface area (Å²) in [7, 11) is -1.34. The molecule has 1 heterocycles. The summed E-state index contributed by atoms with van der Waals surface area (Å²) in [6.07, 6.45) is 3.08. The molecule has 6 heteroatoms. The van der Waals surface area contributed by atoms with Crippen LogP contribution in [0.25, 0.3) is 0 Å². The lowest BCUT2D eigenvalue weighted by atomic mass is 10.2. The normalized spacial score (nSPS) is 18.0. The van der Waals surface area contributed by atoms with Crippen molar-refractivity contribution in [3.05, 3.63) is 54.6 Å². The lowest BCUT2D eigenvalue weighted by Crippen LogP contribution is -2.18. The molecular weight excluding hydrogens is 334 g/mol. The van der Waals surface area contributed by atoms with Gasteiger partial charge in [-0.1, -0.05) is 18.2 Å². The van der Waals surface area contributed by atoms with Crippen molar-refractivity contribution in [2.24, 2.45) is 5.10 Å². The van der Waals surface area contributed by atoms with Gasteiger partial charge >= 0.3 is 0 Å². The van der Waals surface area contributed by atoms with Gasteiger partial charge in [-0.05, 0) is 62.8 Å². The molecule has 5 nitrogen and oxygen atoms in total.